The summed E-state index contributed by atoms with van der Waals surface area (Å²) in [7, 11) is 0. The highest BCUT2D eigenvalue weighted by Gasteiger charge is 2.30. The van der Waals surface area contributed by atoms with Gasteiger partial charge < -0.3 is 0 Å². The quantitative estimate of drug-likeness (QED) is 0.444. The molecule has 3 unspecified atom stereocenters. The van der Waals surface area contributed by atoms with E-state index in [4.69, 9.17) is 5.84 Å². The molecular formula is C16H25BrN2S. The van der Waals surface area contributed by atoms with Crippen molar-refractivity contribution < 1.29 is 0 Å². The van der Waals surface area contributed by atoms with Crippen LogP contribution in [0.15, 0.2) is 33.6 Å². The van der Waals surface area contributed by atoms with E-state index in [-0.39, 0.29) is 0 Å². The molecular weight excluding hydrogens is 332 g/mol. The Labute approximate surface area is 135 Å². The molecule has 3 atom stereocenters. The lowest BCUT2D eigenvalue weighted by Gasteiger charge is -2.36. The van der Waals surface area contributed by atoms with Gasteiger partial charge in [0.1, 0.15) is 0 Å². The zero-order valence-electron chi connectivity index (χ0n) is 12.1. The minimum Gasteiger partial charge on any atom is -0.271 e. The fraction of sp³-hybridized carbons (Fsp3) is 0.625. The van der Waals surface area contributed by atoms with Crippen LogP contribution < -0.4 is 11.3 Å². The average Bonchev–Trinajstić information content (AvgIpc) is 2.50. The fourth-order valence-electron chi connectivity index (χ4n) is 3.29. The van der Waals surface area contributed by atoms with Crippen molar-refractivity contribution in [2.45, 2.75) is 50.0 Å². The number of hydrogen-bond acceptors (Lipinski definition) is 3. The largest absolute Gasteiger partial charge is 0.271 e. The lowest BCUT2D eigenvalue weighted by molar-refractivity contribution is 0.186. The van der Waals surface area contributed by atoms with Crippen molar-refractivity contribution in [1.82, 2.24) is 5.43 Å². The van der Waals surface area contributed by atoms with Gasteiger partial charge in [0.2, 0.25) is 0 Å². The third kappa shape index (κ3) is 4.48. The summed E-state index contributed by atoms with van der Waals surface area (Å²) < 4.78 is 1.13. The van der Waals surface area contributed by atoms with Crippen LogP contribution in [0.5, 0.6) is 0 Å². The Hall–Kier alpha value is -0.0300. The zero-order chi connectivity index (χ0) is 14.4. The Bertz CT molecular complexity index is 396. The standard InChI is InChI=1S/C16H25BrN2S/c1-2-12-5-3-4-6-15(12)16(19-18)11-20-14-9-7-13(17)8-10-14/h7-10,12,15-16,19H,2-6,11,18H2,1H3. The van der Waals surface area contributed by atoms with Crippen molar-refractivity contribution in [2.24, 2.45) is 17.7 Å². The smallest absolute Gasteiger partial charge is 0.0335 e. The van der Waals surface area contributed by atoms with Gasteiger partial charge in [-0.1, -0.05) is 48.5 Å². The van der Waals surface area contributed by atoms with Crippen molar-refractivity contribution in [3.8, 4) is 0 Å². The van der Waals surface area contributed by atoms with Crippen molar-refractivity contribution in [3.63, 3.8) is 0 Å². The third-order valence-electron chi connectivity index (χ3n) is 4.47. The van der Waals surface area contributed by atoms with Crippen molar-refractivity contribution in [1.29, 1.82) is 0 Å². The lowest BCUT2D eigenvalue weighted by Crippen LogP contribution is -2.46. The molecule has 1 saturated carbocycles. The first-order chi connectivity index (χ1) is 9.74. The van der Waals surface area contributed by atoms with Crippen LogP contribution in [0.4, 0.5) is 0 Å². The molecule has 20 heavy (non-hydrogen) atoms. The Morgan fingerprint density at radius 1 is 1.30 bits per heavy atom. The van der Waals surface area contributed by atoms with Crippen LogP contribution in [-0.2, 0) is 0 Å². The summed E-state index contributed by atoms with van der Waals surface area (Å²) >= 11 is 5.38. The molecule has 1 aromatic carbocycles. The highest BCUT2D eigenvalue weighted by molar-refractivity contribution is 9.10. The van der Waals surface area contributed by atoms with Gasteiger partial charge in [0.05, 0.1) is 0 Å². The highest BCUT2D eigenvalue weighted by Crippen LogP contribution is 2.36. The summed E-state index contributed by atoms with van der Waals surface area (Å²) in [6.07, 6.45) is 6.75. The molecule has 112 valence electrons. The first-order valence-corrected chi connectivity index (χ1v) is 9.37. The summed E-state index contributed by atoms with van der Waals surface area (Å²) in [6, 6.07) is 8.96. The van der Waals surface area contributed by atoms with Gasteiger partial charge in [-0.3, -0.25) is 11.3 Å². The minimum atomic E-state index is 0.425. The van der Waals surface area contributed by atoms with Gasteiger partial charge >= 0.3 is 0 Å². The van der Waals surface area contributed by atoms with E-state index >= 15 is 0 Å². The predicted molar refractivity (Wildman–Crippen MR) is 91.7 cm³/mol. The maximum absolute atomic E-state index is 5.84. The van der Waals surface area contributed by atoms with E-state index in [2.05, 4.69) is 52.5 Å². The number of halogens is 1. The number of benzene rings is 1. The molecule has 0 amide bonds. The van der Waals surface area contributed by atoms with Crippen LogP contribution in [0.25, 0.3) is 0 Å². The lowest BCUT2D eigenvalue weighted by atomic mass is 9.74. The number of rotatable bonds is 6. The molecule has 0 saturated heterocycles. The van der Waals surface area contributed by atoms with Crippen molar-refractivity contribution in [3.05, 3.63) is 28.7 Å². The van der Waals surface area contributed by atoms with Gasteiger partial charge in [0, 0.05) is 21.2 Å². The monoisotopic (exact) mass is 356 g/mol. The number of hydrogen-bond donors (Lipinski definition) is 2. The zero-order valence-corrected chi connectivity index (χ0v) is 14.6. The Morgan fingerprint density at radius 2 is 2.00 bits per heavy atom. The van der Waals surface area contributed by atoms with E-state index in [1.54, 1.807) is 0 Å². The normalized spacial score (nSPS) is 24.6. The molecule has 1 aromatic rings. The second kappa shape index (κ2) is 8.42. The first-order valence-electron chi connectivity index (χ1n) is 7.59. The van der Waals surface area contributed by atoms with Gasteiger partial charge in [-0.05, 0) is 42.5 Å². The van der Waals surface area contributed by atoms with Crippen LogP contribution in [0.1, 0.15) is 39.0 Å². The second-order valence-corrected chi connectivity index (χ2v) is 7.66. The maximum Gasteiger partial charge on any atom is 0.0335 e. The molecule has 2 nitrogen and oxygen atoms in total. The molecule has 0 aromatic heterocycles. The van der Waals surface area contributed by atoms with Gasteiger partial charge in [0.15, 0.2) is 0 Å². The van der Waals surface area contributed by atoms with Crippen molar-refractivity contribution >= 4 is 27.7 Å². The molecule has 0 bridgehead atoms. The molecule has 1 aliphatic carbocycles. The van der Waals surface area contributed by atoms with Crippen molar-refractivity contribution in [2.75, 3.05) is 5.75 Å². The second-order valence-electron chi connectivity index (χ2n) is 5.65. The highest BCUT2D eigenvalue weighted by atomic mass is 79.9. The summed E-state index contributed by atoms with van der Waals surface area (Å²) in [6.45, 7) is 2.32. The summed E-state index contributed by atoms with van der Waals surface area (Å²) in [5.74, 6) is 8.47. The predicted octanol–water partition coefficient (Wildman–Crippen LogP) is 4.59. The molecule has 0 aliphatic heterocycles. The Kier molecular flexibility index (Phi) is 6.88. The van der Waals surface area contributed by atoms with E-state index in [1.807, 2.05) is 11.8 Å². The minimum absolute atomic E-state index is 0.425. The first kappa shape index (κ1) is 16.3. The number of nitrogens with one attached hydrogen (secondary N) is 1. The third-order valence-corrected chi connectivity index (χ3v) is 6.13. The molecule has 1 aliphatic rings. The van der Waals surface area contributed by atoms with Gasteiger partial charge in [-0.2, -0.15) is 0 Å². The van der Waals surface area contributed by atoms with Crippen LogP contribution in [0.3, 0.4) is 0 Å². The molecule has 0 spiro atoms. The van der Waals surface area contributed by atoms with Crippen LogP contribution in [0, 0.1) is 11.8 Å². The van der Waals surface area contributed by atoms with Crippen LogP contribution >= 0.6 is 27.7 Å². The maximum atomic E-state index is 5.84. The molecule has 0 heterocycles. The van der Waals surface area contributed by atoms with E-state index in [0.717, 1.165) is 22.1 Å². The van der Waals surface area contributed by atoms with E-state index < -0.39 is 0 Å². The van der Waals surface area contributed by atoms with E-state index in [9.17, 15) is 0 Å². The summed E-state index contributed by atoms with van der Waals surface area (Å²) in [5.41, 5.74) is 3.09. The number of thioether (sulfide) groups is 1. The molecule has 2 rings (SSSR count). The molecule has 1 fully saturated rings. The van der Waals surface area contributed by atoms with Gasteiger partial charge in [-0.15, -0.1) is 11.8 Å². The Balaban J connectivity index is 1.92. The SMILES string of the molecule is CCC1CCCCC1C(CSc1ccc(Br)cc1)NN. The topological polar surface area (TPSA) is 38.0 Å². The average molecular weight is 357 g/mol. The fourth-order valence-corrected chi connectivity index (χ4v) is 4.59. The van der Waals surface area contributed by atoms with Crippen LogP contribution in [-0.4, -0.2) is 11.8 Å². The van der Waals surface area contributed by atoms with E-state index in [1.165, 1.54) is 37.0 Å². The molecule has 4 heteroatoms. The Morgan fingerprint density at radius 3 is 2.65 bits per heavy atom. The number of nitrogens with two attached hydrogens (primary N) is 1. The molecule has 0 radical (unpaired) electrons. The molecule has 3 N–H and O–H groups in total. The van der Waals surface area contributed by atoms with Gasteiger partial charge in [-0.25, -0.2) is 0 Å². The van der Waals surface area contributed by atoms with Gasteiger partial charge in [0.25, 0.3) is 0 Å². The summed E-state index contributed by atoms with van der Waals surface area (Å²) in [4.78, 5) is 1.32. The van der Waals surface area contributed by atoms with E-state index in [0.29, 0.717) is 6.04 Å². The number of hydrazine groups is 1. The van der Waals surface area contributed by atoms with Crippen LogP contribution in [0.2, 0.25) is 0 Å². The summed E-state index contributed by atoms with van der Waals surface area (Å²) in [5, 5.41) is 0.